The van der Waals surface area contributed by atoms with Gasteiger partial charge in [-0.2, -0.15) is 4.68 Å². The molecule has 3 rings (SSSR count). The predicted molar refractivity (Wildman–Crippen MR) is 95.8 cm³/mol. The number of carbonyl (C=O) groups is 1. The van der Waals surface area contributed by atoms with Gasteiger partial charge in [-0.3, -0.25) is 4.90 Å². The van der Waals surface area contributed by atoms with Gasteiger partial charge in [0.15, 0.2) is 11.6 Å². The number of hydrogen-bond acceptors (Lipinski definition) is 4. The average Bonchev–Trinajstić information content (AvgIpc) is 2.98. The molecule has 0 bridgehead atoms. The zero-order valence-corrected chi connectivity index (χ0v) is 15.2. The maximum Gasteiger partial charge on any atom is 0.377 e. The highest BCUT2D eigenvalue weighted by molar-refractivity contribution is 6.36. The first-order chi connectivity index (χ1) is 12.8. The Morgan fingerprint density at radius 2 is 1.81 bits per heavy atom. The lowest BCUT2D eigenvalue weighted by Gasteiger charge is -2.20. The Morgan fingerprint density at radius 3 is 2.41 bits per heavy atom. The van der Waals surface area contributed by atoms with Crippen LogP contribution in [0.15, 0.2) is 41.2 Å². The minimum absolute atomic E-state index is 0.132. The highest BCUT2D eigenvalue weighted by Gasteiger charge is 2.25. The molecule has 0 aliphatic carbocycles. The van der Waals surface area contributed by atoms with E-state index < -0.39 is 29.0 Å². The maximum absolute atomic E-state index is 13.9. The Morgan fingerprint density at radius 1 is 1.15 bits per heavy atom. The van der Waals surface area contributed by atoms with E-state index in [1.807, 2.05) is 0 Å². The van der Waals surface area contributed by atoms with Gasteiger partial charge in [0.1, 0.15) is 5.69 Å². The van der Waals surface area contributed by atoms with Gasteiger partial charge < -0.3 is 0 Å². The van der Waals surface area contributed by atoms with Crippen LogP contribution in [0.3, 0.4) is 0 Å². The highest BCUT2D eigenvalue weighted by atomic mass is 35.5. The second kappa shape index (κ2) is 7.45. The smallest absolute Gasteiger partial charge is 0.291 e. The average molecular weight is 414 g/mol. The number of benzene rings is 2. The van der Waals surface area contributed by atoms with Crippen LogP contribution in [0.25, 0.3) is 5.69 Å². The summed E-state index contributed by atoms with van der Waals surface area (Å²) in [6, 6.07) is 6.61. The van der Waals surface area contributed by atoms with Crippen LogP contribution in [-0.2, 0) is 0 Å². The van der Waals surface area contributed by atoms with Gasteiger partial charge >= 0.3 is 11.7 Å². The number of anilines is 1. The molecule has 140 valence electrons. The number of aromatic nitrogens is 4. The minimum Gasteiger partial charge on any atom is -0.291 e. The molecule has 0 spiro atoms. The lowest BCUT2D eigenvalue weighted by Crippen LogP contribution is -2.41. The summed E-state index contributed by atoms with van der Waals surface area (Å²) in [5, 5.41) is 7.40. The van der Waals surface area contributed by atoms with Crippen molar-refractivity contribution in [2.24, 2.45) is 0 Å². The largest absolute Gasteiger partial charge is 0.377 e. The first-order valence-corrected chi connectivity index (χ1v) is 8.37. The van der Waals surface area contributed by atoms with E-state index in [1.165, 1.54) is 18.2 Å². The Bertz CT molecular complexity index is 1060. The maximum atomic E-state index is 13.9. The second-order valence-electron chi connectivity index (χ2n) is 5.28. The molecule has 0 saturated heterocycles. The van der Waals surface area contributed by atoms with Gasteiger partial charge in [0.05, 0.1) is 10.7 Å². The fraction of sp³-hybridized carbons (Fsp3) is 0.125. The van der Waals surface area contributed by atoms with Crippen molar-refractivity contribution >= 4 is 34.9 Å². The number of para-hydroxylation sites is 1. The van der Waals surface area contributed by atoms with Gasteiger partial charge in [-0.05, 0) is 47.7 Å². The number of carbonyl (C=O) groups excluding carboxylic acids is 1. The molecule has 11 heteroatoms. The summed E-state index contributed by atoms with van der Waals surface area (Å²) in [4.78, 5) is 26.4. The number of halogens is 4. The molecule has 1 heterocycles. The number of tetrazole rings is 1. The van der Waals surface area contributed by atoms with Crippen LogP contribution in [0, 0.1) is 11.6 Å². The van der Waals surface area contributed by atoms with Crippen LogP contribution in [0.5, 0.6) is 0 Å². The Hall–Kier alpha value is -2.78. The van der Waals surface area contributed by atoms with E-state index in [2.05, 4.69) is 10.4 Å². The third kappa shape index (κ3) is 3.43. The van der Waals surface area contributed by atoms with E-state index in [-0.39, 0.29) is 17.3 Å². The van der Waals surface area contributed by atoms with Gasteiger partial charge in [-0.1, -0.05) is 29.3 Å². The van der Waals surface area contributed by atoms with Crippen LogP contribution in [-0.4, -0.2) is 32.4 Å². The molecule has 0 atom stereocenters. The SMILES string of the molecule is CCN(C(=O)n1nnn(-c2c(F)cccc2F)c1=O)c1ccc(Cl)cc1Cl. The number of nitrogens with zero attached hydrogens (tertiary/aromatic N) is 5. The quantitative estimate of drug-likeness (QED) is 0.615. The molecule has 1 aromatic heterocycles. The van der Waals surface area contributed by atoms with Crippen molar-refractivity contribution in [1.29, 1.82) is 0 Å². The molecule has 7 nitrogen and oxygen atoms in total. The fourth-order valence-electron chi connectivity index (χ4n) is 2.42. The fourth-order valence-corrected chi connectivity index (χ4v) is 2.93. The summed E-state index contributed by atoms with van der Waals surface area (Å²) in [5.41, 5.74) is -1.58. The summed E-state index contributed by atoms with van der Waals surface area (Å²) >= 11 is 12.0. The Kier molecular flexibility index (Phi) is 5.24. The Balaban J connectivity index is 2.05. The van der Waals surface area contributed by atoms with Gasteiger partial charge in [-0.15, -0.1) is 4.68 Å². The molecule has 0 aliphatic heterocycles. The number of hydrogen-bond donors (Lipinski definition) is 0. The molecule has 0 radical (unpaired) electrons. The van der Waals surface area contributed by atoms with Crippen molar-refractivity contribution in [3.05, 3.63) is 68.6 Å². The van der Waals surface area contributed by atoms with Crippen LogP contribution >= 0.6 is 23.2 Å². The predicted octanol–water partition coefficient (Wildman–Crippen LogP) is 3.51. The molecule has 2 aromatic carbocycles. The third-order valence-electron chi connectivity index (χ3n) is 3.66. The topological polar surface area (TPSA) is 73.0 Å². The lowest BCUT2D eigenvalue weighted by atomic mass is 10.3. The molecule has 1 amide bonds. The zero-order valence-electron chi connectivity index (χ0n) is 13.7. The molecule has 27 heavy (non-hydrogen) atoms. The second-order valence-corrected chi connectivity index (χ2v) is 6.12. The van der Waals surface area contributed by atoms with Crippen molar-refractivity contribution in [2.75, 3.05) is 11.4 Å². The molecule has 0 aliphatic rings. The molecular weight excluding hydrogens is 403 g/mol. The Labute approximate surface area is 161 Å². The van der Waals surface area contributed by atoms with E-state index in [9.17, 15) is 18.4 Å². The van der Waals surface area contributed by atoms with Crippen LogP contribution in [0.4, 0.5) is 19.3 Å². The lowest BCUT2D eigenvalue weighted by molar-refractivity contribution is 0.244. The molecule has 3 aromatic rings. The molecule has 0 unspecified atom stereocenters. The molecule has 0 fully saturated rings. The summed E-state index contributed by atoms with van der Waals surface area (Å²) in [7, 11) is 0. The van der Waals surface area contributed by atoms with E-state index in [0.717, 1.165) is 23.1 Å². The zero-order chi connectivity index (χ0) is 19.7. The van der Waals surface area contributed by atoms with E-state index in [4.69, 9.17) is 23.2 Å². The van der Waals surface area contributed by atoms with Gasteiger partial charge in [-0.25, -0.2) is 18.4 Å². The van der Waals surface area contributed by atoms with Crippen molar-refractivity contribution in [3.63, 3.8) is 0 Å². The molecule has 0 saturated carbocycles. The first kappa shape index (κ1) is 19.0. The van der Waals surface area contributed by atoms with Gasteiger partial charge in [0.2, 0.25) is 0 Å². The third-order valence-corrected chi connectivity index (χ3v) is 4.20. The summed E-state index contributed by atoms with van der Waals surface area (Å²) in [6.07, 6.45) is 0. The van der Waals surface area contributed by atoms with Crippen molar-refractivity contribution < 1.29 is 13.6 Å². The number of rotatable bonds is 3. The highest BCUT2D eigenvalue weighted by Crippen LogP contribution is 2.29. The van der Waals surface area contributed by atoms with Crippen LogP contribution in [0.2, 0.25) is 10.0 Å². The minimum atomic E-state index is -1.13. The van der Waals surface area contributed by atoms with Gasteiger partial charge in [0, 0.05) is 11.6 Å². The van der Waals surface area contributed by atoms with E-state index in [0.29, 0.717) is 14.4 Å². The summed E-state index contributed by atoms with van der Waals surface area (Å²) in [5.74, 6) is -2.05. The molecular formula is C16H11Cl2F2N5O2. The normalized spacial score (nSPS) is 10.9. The van der Waals surface area contributed by atoms with Crippen molar-refractivity contribution in [1.82, 2.24) is 19.8 Å². The first-order valence-electron chi connectivity index (χ1n) is 7.61. The number of amides is 1. The van der Waals surface area contributed by atoms with E-state index >= 15 is 0 Å². The van der Waals surface area contributed by atoms with Crippen LogP contribution in [0.1, 0.15) is 6.92 Å². The summed E-state index contributed by atoms with van der Waals surface area (Å²) < 4.78 is 28.6. The van der Waals surface area contributed by atoms with E-state index in [1.54, 1.807) is 6.92 Å². The summed E-state index contributed by atoms with van der Waals surface area (Å²) in [6.45, 7) is 1.78. The van der Waals surface area contributed by atoms with Gasteiger partial charge in [0.25, 0.3) is 0 Å². The molecule has 0 N–H and O–H groups in total. The van der Waals surface area contributed by atoms with Crippen molar-refractivity contribution in [3.8, 4) is 5.69 Å². The standard InChI is InChI=1S/C16H11Cl2F2N5O2/c1-2-23(13-7-6-9(17)8-10(13)18)15(26)25-16(27)24(21-22-25)14-11(19)4-3-5-12(14)20/h3-8H,2H2,1H3. The van der Waals surface area contributed by atoms with Crippen LogP contribution < -0.4 is 10.6 Å². The monoisotopic (exact) mass is 413 g/mol. The van der Waals surface area contributed by atoms with Crippen molar-refractivity contribution in [2.45, 2.75) is 6.92 Å².